The fourth-order valence-electron chi connectivity index (χ4n) is 1.97. The minimum Gasteiger partial charge on any atom is -0.308 e. The zero-order valence-electron chi connectivity index (χ0n) is 11.1. The highest BCUT2D eigenvalue weighted by Crippen LogP contribution is 2.12. The van der Waals surface area contributed by atoms with Crippen molar-refractivity contribution >= 4 is 0 Å². The molecular formula is C16H14F2N2. The maximum Gasteiger partial charge on any atom is 0.127 e. The van der Waals surface area contributed by atoms with Gasteiger partial charge in [0, 0.05) is 18.7 Å². The van der Waals surface area contributed by atoms with Crippen molar-refractivity contribution in [3.8, 4) is 6.07 Å². The van der Waals surface area contributed by atoms with E-state index in [0.717, 1.165) is 23.3 Å². The second-order valence-corrected chi connectivity index (χ2v) is 4.59. The number of benzene rings is 2. The van der Waals surface area contributed by atoms with Gasteiger partial charge >= 0.3 is 0 Å². The molecule has 0 aliphatic heterocycles. The Morgan fingerprint density at radius 1 is 1.05 bits per heavy atom. The normalized spacial score (nSPS) is 10.3. The Hall–Kier alpha value is -2.25. The number of halogens is 2. The fourth-order valence-corrected chi connectivity index (χ4v) is 1.97. The van der Waals surface area contributed by atoms with Gasteiger partial charge in [0.25, 0.3) is 0 Å². The van der Waals surface area contributed by atoms with Crippen molar-refractivity contribution in [2.75, 3.05) is 0 Å². The molecule has 2 nitrogen and oxygen atoms in total. The third-order valence-corrected chi connectivity index (χ3v) is 3.11. The van der Waals surface area contributed by atoms with Crippen molar-refractivity contribution in [2.45, 2.75) is 20.0 Å². The van der Waals surface area contributed by atoms with Crippen LogP contribution in [0.1, 0.15) is 22.3 Å². The van der Waals surface area contributed by atoms with E-state index in [0.29, 0.717) is 17.7 Å². The lowest BCUT2D eigenvalue weighted by Crippen LogP contribution is -2.14. The van der Waals surface area contributed by atoms with E-state index in [2.05, 4.69) is 11.4 Å². The van der Waals surface area contributed by atoms with Crippen molar-refractivity contribution in [1.29, 1.82) is 5.26 Å². The number of nitrogens with one attached hydrogen (secondary N) is 1. The molecule has 2 aromatic carbocycles. The Kier molecular flexibility index (Phi) is 4.44. The first-order chi connectivity index (χ1) is 9.60. The Bertz CT molecular complexity index is 660. The van der Waals surface area contributed by atoms with Gasteiger partial charge in [0.15, 0.2) is 0 Å². The van der Waals surface area contributed by atoms with Crippen molar-refractivity contribution in [2.24, 2.45) is 0 Å². The zero-order valence-corrected chi connectivity index (χ0v) is 11.1. The van der Waals surface area contributed by atoms with Crippen LogP contribution in [-0.2, 0) is 13.1 Å². The number of hydrogen-bond donors (Lipinski definition) is 1. The molecule has 1 N–H and O–H groups in total. The van der Waals surface area contributed by atoms with Crippen LogP contribution < -0.4 is 5.32 Å². The second kappa shape index (κ2) is 6.27. The van der Waals surface area contributed by atoms with E-state index >= 15 is 0 Å². The number of aryl methyl sites for hydroxylation is 1. The maximum atomic E-state index is 13.4. The minimum atomic E-state index is -0.447. The molecule has 4 heteroatoms. The lowest BCUT2D eigenvalue weighted by atomic mass is 10.1. The van der Waals surface area contributed by atoms with E-state index in [1.54, 1.807) is 12.1 Å². The van der Waals surface area contributed by atoms with Gasteiger partial charge in [-0.05, 0) is 48.4 Å². The Labute approximate surface area is 116 Å². The Balaban J connectivity index is 2.00. The van der Waals surface area contributed by atoms with E-state index in [-0.39, 0.29) is 6.54 Å². The lowest BCUT2D eigenvalue weighted by Gasteiger charge is -2.09. The molecule has 0 saturated heterocycles. The molecule has 0 amide bonds. The number of nitriles is 1. The van der Waals surface area contributed by atoms with Crippen LogP contribution in [0.2, 0.25) is 0 Å². The average Bonchev–Trinajstić information content (AvgIpc) is 2.44. The van der Waals surface area contributed by atoms with Gasteiger partial charge in [-0.15, -0.1) is 0 Å². The number of hydrogen-bond acceptors (Lipinski definition) is 2. The summed E-state index contributed by atoms with van der Waals surface area (Å²) in [5.74, 6) is -0.867. The molecule has 0 heterocycles. The summed E-state index contributed by atoms with van der Waals surface area (Å²) >= 11 is 0. The van der Waals surface area contributed by atoms with Gasteiger partial charge in [-0.1, -0.05) is 6.07 Å². The summed E-state index contributed by atoms with van der Waals surface area (Å²) in [5.41, 5.74) is 2.94. The summed E-state index contributed by atoms with van der Waals surface area (Å²) in [6.07, 6.45) is 0. The van der Waals surface area contributed by atoms with Gasteiger partial charge in [0.2, 0.25) is 0 Å². The molecule has 0 aromatic heterocycles. The van der Waals surface area contributed by atoms with Crippen LogP contribution in [0.4, 0.5) is 8.78 Å². The monoisotopic (exact) mass is 272 g/mol. The molecule has 0 saturated carbocycles. The quantitative estimate of drug-likeness (QED) is 0.925. The molecule has 0 bridgehead atoms. The second-order valence-electron chi connectivity index (χ2n) is 4.59. The molecule has 0 spiro atoms. The first-order valence-electron chi connectivity index (χ1n) is 6.24. The van der Waals surface area contributed by atoms with Gasteiger partial charge in [0.1, 0.15) is 11.6 Å². The summed E-state index contributed by atoms with van der Waals surface area (Å²) in [4.78, 5) is 0. The Morgan fingerprint density at radius 3 is 2.50 bits per heavy atom. The summed E-state index contributed by atoms with van der Waals surface area (Å²) in [6.45, 7) is 2.71. The van der Waals surface area contributed by atoms with Gasteiger partial charge in [-0.25, -0.2) is 8.78 Å². The van der Waals surface area contributed by atoms with Crippen LogP contribution in [0.15, 0.2) is 36.4 Å². The molecule has 102 valence electrons. The summed E-state index contributed by atoms with van der Waals surface area (Å²) < 4.78 is 26.5. The van der Waals surface area contributed by atoms with Crippen LogP contribution in [0.3, 0.4) is 0 Å². The molecule has 2 rings (SSSR count). The fraction of sp³-hybridized carbons (Fsp3) is 0.188. The molecule has 0 unspecified atom stereocenters. The molecule has 0 fully saturated rings. The van der Waals surface area contributed by atoms with Crippen LogP contribution in [0.25, 0.3) is 0 Å². The van der Waals surface area contributed by atoms with Gasteiger partial charge < -0.3 is 5.32 Å². The molecule has 0 radical (unpaired) electrons. The first-order valence-corrected chi connectivity index (χ1v) is 6.24. The topological polar surface area (TPSA) is 35.8 Å². The third kappa shape index (κ3) is 3.40. The zero-order chi connectivity index (χ0) is 14.5. The minimum absolute atomic E-state index is 0.253. The average molecular weight is 272 g/mol. The van der Waals surface area contributed by atoms with E-state index in [1.165, 1.54) is 6.07 Å². The largest absolute Gasteiger partial charge is 0.308 e. The van der Waals surface area contributed by atoms with Crippen LogP contribution in [0, 0.1) is 29.9 Å². The van der Waals surface area contributed by atoms with Gasteiger partial charge in [0.05, 0.1) is 11.6 Å². The van der Waals surface area contributed by atoms with E-state index in [1.807, 2.05) is 13.0 Å². The van der Waals surface area contributed by atoms with Crippen molar-refractivity contribution < 1.29 is 8.78 Å². The van der Waals surface area contributed by atoms with E-state index in [4.69, 9.17) is 5.26 Å². The van der Waals surface area contributed by atoms with Gasteiger partial charge in [-0.3, -0.25) is 0 Å². The molecular weight excluding hydrogens is 258 g/mol. The molecule has 0 aliphatic carbocycles. The van der Waals surface area contributed by atoms with E-state index < -0.39 is 11.6 Å². The smallest absolute Gasteiger partial charge is 0.127 e. The van der Waals surface area contributed by atoms with Crippen LogP contribution in [-0.4, -0.2) is 0 Å². The van der Waals surface area contributed by atoms with Gasteiger partial charge in [-0.2, -0.15) is 5.26 Å². The number of rotatable bonds is 4. The predicted octanol–water partition coefficient (Wildman–Crippen LogP) is 3.43. The van der Waals surface area contributed by atoms with Crippen LogP contribution in [0.5, 0.6) is 0 Å². The third-order valence-electron chi connectivity index (χ3n) is 3.11. The Morgan fingerprint density at radius 2 is 1.80 bits per heavy atom. The lowest BCUT2D eigenvalue weighted by molar-refractivity contribution is 0.568. The standard InChI is InChI=1S/C16H14F2N2/c1-11-6-12(8-19)2-3-13(11)9-20-10-14-7-15(17)4-5-16(14)18/h2-7,20H,9-10H2,1H3. The van der Waals surface area contributed by atoms with Crippen molar-refractivity contribution in [3.63, 3.8) is 0 Å². The maximum absolute atomic E-state index is 13.4. The van der Waals surface area contributed by atoms with Crippen molar-refractivity contribution in [3.05, 3.63) is 70.3 Å². The molecule has 2 aromatic rings. The SMILES string of the molecule is Cc1cc(C#N)ccc1CNCc1cc(F)ccc1F. The van der Waals surface area contributed by atoms with Crippen LogP contribution >= 0.6 is 0 Å². The molecule has 0 aliphatic rings. The molecule has 0 atom stereocenters. The number of nitrogens with zero attached hydrogens (tertiary/aromatic N) is 1. The summed E-state index contributed by atoms with van der Waals surface area (Å²) in [5, 5.41) is 11.9. The predicted molar refractivity (Wildman–Crippen MR) is 72.8 cm³/mol. The highest BCUT2D eigenvalue weighted by atomic mass is 19.1. The molecule has 20 heavy (non-hydrogen) atoms. The summed E-state index contributed by atoms with van der Waals surface area (Å²) in [7, 11) is 0. The first kappa shape index (κ1) is 14.2. The summed E-state index contributed by atoms with van der Waals surface area (Å²) in [6, 6.07) is 10.9. The van der Waals surface area contributed by atoms with E-state index in [9.17, 15) is 8.78 Å². The van der Waals surface area contributed by atoms with Crippen molar-refractivity contribution in [1.82, 2.24) is 5.32 Å². The highest BCUT2D eigenvalue weighted by molar-refractivity contribution is 5.37. The highest BCUT2D eigenvalue weighted by Gasteiger charge is 2.04.